The predicted molar refractivity (Wildman–Crippen MR) is 88.9 cm³/mol. The summed E-state index contributed by atoms with van der Waals surface area (Å²) in [6.45, 7) is 9.27. The summed E-state index contributed by atoms with van der Waals surface area (Å²) in [5, 5.41) is 7.24. The highest BCUT2D eigenvalue weighted by atomic mass is 32.1. The molecule has 1 aromatic rings. The van der Waals surface area contributed by atoms with Gasteiger partial charge in [-0.15, -0.1) is 0 Å². The van der Waals surface area contributed by atoms with Crippen molar-refractivity contribution in [2.24, 2.45) is 0 Å². The van der Waals surface area contributed by atoms with Crippen molar-refractivity contribution >= 4 is 23.0 Å². The molecule has 0 radical (unpaired) electrons. The number of para-hydroxylation sites is 1. The lowest BCUT2D eigenvalue weighted by Gasteiger charge is -2.16. The Morgan fingerprint density at radius 1 is 1.16 bits per heavy atom. The predicted octanol–water partition coefficient (Wildman–Crippen LogP) is 4.06. The molecule has 1 rings (SSSR count). The van der Waals surface area contributed by atoms with Crippen LogP contribution in [0.1, 0.15) is 38.8 Å². The van der Waals surface area contributed by atoms with E-state index >= 15 is 0 Å². The number of thiocarbonyl (C=S) groups is 1. The molecule has 0 bridgehead atoms. The van der Waals surface area contributed by atoms with E-state index in [-0.39, 0.29) is 0 Å². The van der Waals surface area contributed by atoms with Gasteiger partial charge < -0.3 is 10.6 Å². The summed E-state index contributed by atoms with van der Waals surface area (Å²) >= 11 is 5.35. The maximum Gasteiger partial charge on any atom is 0.171 e. The molecule has 1 aromatic carbocycles. The molecule has 2 nitrogen and oxygen atoms in total. The van der Waals surface area contributed by atoms with E-state index < -0.39 is 0 Å². The molecule has 2 N–H and O–H groups in total. The molecule has 0 spiro atoms. The van der Waals surface area contributed by atoms with Crippen molar-refractivity contribution in [2.45, 2.75) is 40.5 Å². The number of hydrogen-bond donors (Lipinski definition) is 2. The fraction of sp³-hybridized carbons (Fsp3) is 0.438. The second kappa shape index (κ2) is 7.95. The van der Waals surface area contributed by atoms with Gasteiger partial charge in [-0.1, -0.05) is 43.7 Å². The Kier molecular flexibility index (Phi) is 6.57. The van der Waals surface area contributed by atoms with Crippen LogP contribution in [0.2, 0.25) is 0 Å². The third-order valence-corrected chi connectivity index (χ3v) is 3.26. The zero-order valence-corrected chi connectivity index (χ0v) is 13.2. The average molecular weight is 276 g/mol. The number of hydrogen-bond acceptors (Lipinski definition) is 1. The number of allylic oxidation sites excluding steroid dienone is 1. The zero-order chi connectivity index (χ0) is 14.3. The number of rotatable bonds is 5. The number of nitrogens with one attached hydrogen (secondary N) is 2. The Balaban J connectivity index is 2.75. The van der Waals surface area contributed by atoms with Gasteiger partial charge in [-0.3, -0.25) is 0 Å². The molecule has 3 heteroatoms. The lowest BCUT2D eigenvalue weighted by Crippen LogP contribution is -2.29. The molecule has 0 fully saturated rings. The van der Waals surface area contributed by atoms with E-state index in [1.165, 1.54) is 22.4 Å². The van der Waals surface area contributed by atoms with Crippen molar-refractivity contribution in [3.8, 4) is 0 Å². The van der Waals surface area contributed by atoms with Gasteiger partial charge in [0.2, 0.25) is 0 Å². The van der Waals surface area contributed by atoms with Gasteiger partial charge in [0.1, 0.15) is 0 Å². The van der Waals surface area contributed by atoms with Crippen molar-refractivity contribution < 1.29 is 0 Å². The van der Waals surface area contributed by atoms with Crippen molar-refractivity contribution in [2.75, 3.05) is 11.9 Å². The molecule has 0 heterocycles. The number of aryl methyl sites for hydroxylation is 2. The summed E-state index contributed by atoms with van der Waals surface area (Å²) in [5.74, 6) is 0. The van der Waals surface area contributed by atoms with Crippen LogP contribution in [0.3, 0.4) is 0 Å². The van der Waals surface area contributed by atoms with E-state index in [4.69, 9.17) is 12.2 Å². The van der Waals surface area contributed by atoms with Gasteiger partial charge in [0.15, 0.2) is 5.11 Å². The van der Waals surface area contributed by atoms with Crippen LogP contribution in [-0.4, -0.2) is 11.7 Å². The highest BCUT2D eigenvalue weighted by molar-refractivity contribution is 7.80. The molecule has 0 saturated carbocycles. The van der Waals surface area contributed by atoms with Crippen molar-refractivity contribution in [1.29, 1.82) is 0 Å². The Morgan fingerprint density at radius 2 is 1.74 bits per heavy atom. The molecule has 0 saturated heterocycles. The lowest BCUT2D eigenvalue weighted by atomic mass is 10.0. The Morgan fingerprint density at radius 3 is 2.21 bits per heavy atom. The smallest absolute Gasteiger partial charge is 0.171 e. The monoisotopic (exact) mass is 276 g/mol. The maximum atomic E-state index is 5.35. The molecule has 0 amide bonds. The van der Waals surface area contributed by atoms with Gasteiger partial charge >= 0.3 is 0 Å². The van der Waals surface area contributed by atoms with Crippen molar-refractivity contribution in [3.05, 3.63) is 41.0 Å². The lowest BCUT2D eigenvalue weighted by molar-refractivity contribution is 1.03. The van der Waals surface area contributed by atoms with Gasteiger partial charge in [-0.2, -0.15) is 0 Å². The van der Waals surface area contributed by atoms with Crippen LogP contribution >= 0.6 is 12.2 Å². The third kappa shape index (κ3) is 5.03. The largest absolute Gasteiger partial charge is 0.359 e. The summed E-state index contributed by atoms with van der Waals surface area (Å²) in [6.07, 6.45) is 4.14. The molecule has 0 aliphatic rings. The molecule has 104 valence electrons. The number of anilines is 1. The molecular weight excluding hydrogens is 252 g/mol. The zero-order valence-electron chi connectivity index (χ0n) is 12.3. The average Bonchev–Trinajstić information content (AvgIpc) is 2.38. The second-order valence-electron chi connectivity index (χ2n) is 4.77. The summed E-state index contributed by atoms with van der Waals surface area (Å²) < 4.78 is 0. The summed E-state index contributed by atoms with van der Waals surface area (Å²) in [7, 11) is 0. The third-order valence-electron chi connectivity index (χ3n) is 3.01. The van der Waals surface area contributed by atoms with E-state index in [2.05, 4.69) is 62.6 Å². The molecular formula is C16H24N2S. The SMILES string of the molecule is CCc1cccc(CC)c1NC(=S)NCC=C(C)C. The van der Waals surface area contributed by atoms with Gasteiger partial charge in [0.05, 0.1) is 0 Å². The first kappa shape index (κ1) is 15.7. The van der Waals surface area contributed by atoms with Crippen LogP contribution in [-0.2, 0) is 12.8 Å². The molecule has 0 aromatic heterocycles. The fourth-order valence-electron chi connectivity index (χ4n) is 1.91. The Hall–Kier alpha value is -1.35. The highest BCUT2D eigenvalue weighted by Gasteiger charge is 2.07. The fourth-order valence-corrected chi connectivity index (χ4v) is 2.09. The van der Waals surface area contributed by atoms with Crippen LogP contribution in [0.4, 0.5) is 5.69 Å². The van der Waals surface area contributed by atoms with Gasteiger partial charge in [0.25, 0.3) is 0 Å². The molecule has 0 aliphatic carbocycles. The van der Waals surface area contributed by atoms with E-state index in [0.717, 1.165) is 19.4 Å². The van der Waals surface area contributed by atoms with E-state index in [1.54, 1.807) is 0 Å². The molecule has 19 heavy (non-hydrogen) atoms. The van der Waals surface area contributed by atoms with E-state index in [0.29, 0.717) is 5.11 Å². The van der Waals surface area contributed by atoms with E-state index in [9.17, 15) is 0 Å². The molecule has 0 atom stereocenters. The maximum absolute atomic E-state index is 5.35. The van der Waals surface area contributed by atoms with Crippen LogP contribution < -0.4 is 10.6 Å². The van der Waals surface area contributed by atoms with Crippen LogP contribution in [0.15, 0.2) is 29.8 Å². The quantitative estimate of drug-likeness (QED) is 0.626. The van der Waals surface area contributed by atoms with Gasteiger partial charge in [-0.25, -0.2) is 0 Å². The second-order valence-corrected chi connectivity index (χ2v) is 5.18. The first-order valence-electron chi connectivity index (χ1n) is 6.87. The standard InChI is InChI=1S/C16H24N2S/c1-5-13-8-7-9-14(6-2)15(13)18-16(19)17-11-10-12(3)4/h7-10H,5-6,11H2,1-4H3,(H2,17,18,19). The van der Waals surface area contributed by atoms with Gasteiger partial charge in [-0.05, 0) is 50.0 Å². The Labute approximate surface area is 122 Å². The summed E-state index contributed by atoms with van der Waals surface area (Å²) in [5.41, 5.74) is 5.08. The van der Waals surface area contributed by atoms with Crippen LogP contribution in [0.25, 0.3) is 0 Å². The van der Waals surface area contributed by atoms with Crippen LogP contribution in [0.5, 0.6) is 0 Å². The molecule has 0 unspecified atom stereocenters. The van der Waals surface area contributed by atoms with Crippen LogP contribution in [0, 0.1) is 0 Å². The van der Waals surface area contributed by atoms with Gasteiger partial charge in [0, 0.05) is 12.2 Å². The van der Waals surface area contributed by atoms with E-state index in [1.807, 2.05) is 0 Å². The normalized spacial score (nSPS) is 9.89. The summed E-state index contributed by atoms with van der Waals surface area (Å²) in [4.78, 5) is 0. The first-order valence-corrected chi connectivity index (χ1v) is 7.28. The summed E-state index contributed by atoms with van der Waals surface area (Å²) in [6, 6.07) is 6.42. The number of benzene rings is 1. The highest BCUT2D eigenvalue weighted by Crippen LogP contribution is 2.22. The van der Waals surface area contributed by atoms with Crippen molar-refractivity contribution in [3.63, 3.8) is 0 Å². The minimum atomic E-state index is 0.688. The Bertz CT molecular complexity index is 438. The topological polar surface area (TPSA) is 24.1 Å². The molecule has 0 aliphatic heterocycles. The minimum Gasteiger partial charge on any atom is -0.359 e. The van der Waals surface area contributed by atoms with Crippen molar-refractivity contribution in [1.82, 2.24) is 5.32 Å². The first-order chi connectivity index (χ1) is 9.08. The minimum absolute atomic E-state index is 0.688.